The Bertz CT molecular complexity index is 571. The third kappa shape index (κ3) is 5.02. The maximum atomic E-state index is 11.5. The molecule has 0 bridgehead atoms. The van der Waals surface area contributed by atoms with Crippen molar-refractivity contribution in [2.24, 2.45) is 0 Å². The summed E-state index contributed by atoms with van der Waals surface area (Å²) in [6, 6.07) is 2.04. The molecule has 0 saturated carbocycles. The van der Waals surface area contributed by atoms with E-state index in [0.717, 1.165) is 56.9 Å². The van der Waals surface area contributed by atoms with Crippen molar-refractivity contribution < 1.29 is 14.3 Å². The molecular formula is C17H27N5O3. The summed E-state index contributed by atoms with van der Waals surface area (Å²) in [6.07, 6.45) is 3.05. The molecular weight excluding hydrogens is 322 g/mol. The first-order valence-electron chi connectivity index (χ1n) is 8.97. The normalized spacial score (nSPS) is 17.8. The van der Waals surface area contributed by atoms with E-state index in [-0.39, 0.29) is 12.5 Å². The van der Waals surface area contributed by atoms with E-state index < -0.39 is 0 Å². The molecule has 1 aromatic heterocycles. The summed E-state index contributed by atoms with van der Waals surface area (Å²) in [5, 5.41) is 2.85. The van der Waals surface area contributed by atoms with Crippen molar-refractivity contribution in [3.63, 3.8) is 0 Å². The van der Waals surface area contributed by atoms with Crippen molar-refractivity contribution in [2.45, 2.75) is 19.3 Å². The molecule has 0 atom stereocenters. The number of nitrogens with zero attached hydrogens (tertiary/aromatic N) is 4. The Morgan fingerprint density at radius 3 is 2.68 bits per heavy atom. The van der Waals surface area contributed by atoms with Gasteiger partial charge in [0, 0.05) is 58.0 Å². The molecule has 1 aromatic rings. The van der Waals surface area contributed by atoms with Gasteiger partial charge >= 0.3 is 0 Å². The number of nitrogens with one attached hydrogen (secondary N) is 1. The van der Waals surface area contributed by atoms with Crippen LogP contribution in [0.3, 0.4) is 0 Å². The zero-order chi connectivity index (χ0) is 17.5. The Balaban J connectivity index is 1.71. The number of morpholine rings is 1. The minimum absolute atomic E-state index is 0.0851. The van der Waals surface area contributed by atoms with Gasteiger partial charge in [0.25, 0.3) is 0 Å². The minimum Gasteiger partial charge on any atom is -0.378 e. The van der Waals surface area contributed by atoms with Crippen LogP contribution in [0.4, 0.5) is 11.8 Å². The molecule has 3 rings (SSSR count). The van der Waals surface area contributed by atoms with Gasteiger partial charge < -0.3 is 24.6 Å². The van der Waals surface area contributed by atoms with Crippen molar-refractivity contribution in [1.82, 2.24) is 15.3 Å². The van der Waals surface area contributed by atoms with E-state index in [4.69, 9.17) is 19.4 Å². The molecule has 0 aromatic carbocycles. The van der Waals surface area contributed by atoms with Crippen LogP contribution in [0.25, 0.3) is 0 Å². The molecule has 138 valence electrons. The van der Waals surface area contributed by atoms with Gasteiger partial charge in [-0.3, -0.25) is 4.79 Å². The van der Waals surface area contributed by atoms with E-state index in [1.54, 1.807) is 0 Å². The van der Waals surface area contributed by atoms with Gasteiger partial charge in [0.15, 0.2) is 0 Å². The summed E-state index contributed by atoms with van der Waals surface area (Å²) in [5.41, 5.74) is 0.955. The molecule has 2 fully saturated rings. The van der Waals surface area contributed by atoms with Crippen LogP contribution in [0.2, 0.25) is 0 Å². The van der Waals surface area contributed by atoms with Crippen LogP contribution in [0.15, 0.2) is 6.07 Å². The van der Waals surface area contributed by atoms with E-state index >= 15 is 0 Å². The predicted octanol–water partition coefficient (Wildman–Crippen LogP) is 0.219. The number of hydrogen-bond acceptors (Lipinski definition) is 7. The van der Waals surface area contributed by atoms with Crippen LogP contribution in [0, 0.1) is 0 Å². The Hall–Kier alpha value is -1.93. The Labute approximate surface area is 148 Å². The second-order valence-corrected chi connectivity index (χ2v) is 6.34. The molecule has 25 heavy (non-hydrogen) atoms. The summed E-state index contributed by atoms with van der Waals surface area (Å²) in [6.45, 7) is 5.80. The average Bonchev–Trinajstić information content (AvgIpc) is 3.17. The number of aromatic nitrogens is 2. The van der Waals surface area contributed by atoms with E-state index in [9.17, 15) is 4.79 Å². The SMILES string of the molecule is COCC(=O)NCCc1cc(N2CCOCC2)nc(N2CCCC2)n1. The van der Waals surface area contributed by atoms with E-state index in [1.807, 2.05) is 6.07 Å². The first kappa shape index (κ1) is 17.9. The number of carbonyl (C=O) groups is 1. The summed E-state index contributed by atoms with van der Waals surface area (Å²) in [5.74, 6) is 1.66. The van der Waals surface area contributed by atoms with Crippen LogP contribution >= 0.6 is 0 Å². The zero-order valence-electron chi connectivity index (χ0n) is 14.9. The summed E-state index contributed by atoms with van der Waals surface area (Å²) in [7, 11) is 1.51. The van der Waals surface area contributed by atoms with Crippen LogP contribution in [-0.4, -0.2) is 75.5 Å². The number of ether oxygens (including phenoxy) is 2. The lowest BCUT2D eigenvalue weighted by atomic mass is 10.2. The van der Waals surface area contributed by atoms with Crippen molar-refractivity contribution >= 4 is 17.7 Å². The minimum atomic E-state index is -0.107. The van der Waals surface area contributed by atoms with Crippen molar-refractivity contribution in [3.05, 3.63) is 11.8 Å². The molecule has 0 aliphatic carbocycles. The van der Waals surface area contributed by atoms with Gasteiger partial charge in [-0.25, -0.2) is 4.98 Å². The van der Waals surface area contributed by atoms with Gasteiger partial charge in [0.1, 0.15) is 12.4 Å². The standard InChI is InChI=1S/C17H27N5O3/c1-24-13-16(23)18-5-4-14-12-15(21-8-10-25-11-9-21)20-17(19-14)22-6-2-3-7-22/h12H,2-11,13H2,1H3,(H,18,23). The highest BCUT2D eigenvalue weighted by Crippen LogP contribution is 2.22. The molecule has 3 heterocycles. The maximum Gasteiger partial charge on any atom is 0.245 e. The molecule has 0 radical (unpaired) electrons. The van der Waals surface area contributed by atoms with Crippen LogP contribution in [-0.2, 0) is 20.7 Å². The fourth-order valence-corrected chi connectivity index (χ4v) is 3.12. The van der Waals surface area contributed by atoms with Crippen molar-refractivity contribution in [2.75, 3.05) is 69.5 Å². The summed E-state index contributed by atoms with van der Waals surface area (Å²) >= 11 is 0. The van der Waals surface area contributed by atoms with Crippen molar-refractivity contribution in [1.29, 1.82) is 0 Å². The summed E-state index contributed by atoms with van der Waals surface area (Å²) < 4.78 is 10.3. The number of hydrogen-bond donors (Lipinski definition) is 1. The van der Waals surface area contributed by atoms with Gasteiger partial charge in [-0.1, -0.05) is 0 Å². The summed E-state index contributed by atoms with van der Waals surface area (Å²) in [4.78, 5) is 25.5. The molecule has 1 amide bonds. The topological polar surface area (TPSA) is 79.8 Å². The molecule has 0 spiro atoms. The smallest absolute Gasteiger partial charge is 0.245 e. The van der Waals surface area contributed by atoms with Gasteiger partial charge in [0.2, 0.25) is 11.9 Å². The Morgan fingerprint density at radius 2 is 1.96 bits per heavy atom. The molecule has 1 N–H and O–H groups in total. The molecule has 8 heteroatoms. The highest BCUT2D eigenvalue weighted by molar-refractivity contribution is 5.77. The number of amides is 1. The zero-order valence-corrected chi connectivity index (χ0v) is 14.9. The lowest BCUT2D eigenvalue weighted by Gasteiger charge is -2.29. The fraction of sp³-hybridized carbons (Fsp3) is 0.706. The average molecular weight is 349 g/mol. The van der Waals surface area contributed by atoms with Crippen LogP contribution < -0.4 is 15.1 Å². The Morgan fingerprint density at radius 1 is 1.20 bits per heavy atom. The fourth-order valence-electron chi connectivity index (χ4n) is 3.12. The molecule has 0 unspecified atom stereocenters. The predicted molar refractivity (Wildman–Crippen MR) is 95.1 cm³/mol. The number of rotatable bonds is 7. The van der Waals surface area contributed by atoms with E-state index in [0.29, 0.717) is 13.0 Å². The lowest BCUT2D eigenvalue weighted by molar-refractivity contribution is -0.124. The van der Waals surface area contributed by atoms with Crippen molar-refractivity contribution in [3.8, 4) is 0 Å². The van der Waals surface area contributed by atoms with E-state index in [1.165, 1.54) is 20.0 Å². The Kier molecular flexibility index (Phi) is 6.41. The van der Waals surface area contributed by atoms with Gasteiger partial charge in [-0.15, -0.1) is 0 Å². The number of carbonyl (C=O) groups excluding carboxylic acids is 1. The monoisotopic (exact) mass is 349 g/mol. The second kappa shape index (κ2) is 8.96. The molecule has 2 aliphatic rings. The number of anilines is 2. The van der Waals surface area contributed by atoms with Gasteiger partial charge in [-0.05, 0) is 12.8 Å². The molecule has 2 aliphatic heterocycles. The maximum absolute atomic E-state index is 11.5. The lowest BCUT2D eigenvalue weighted by Crippen LogP contribution is -2.37. The number of methoxy groups -OCH3 is 1. The second-order valence-electron chi connectivity index (χ2n) is 6.34. The largest absolute Gasteiger partial charge is 0.378 e. The highest BCUT2D eigenvalue weighted by atomic mass is 16.5. The van der Waals surface area contributed by atoms with Crippen LogP contribution in [0.5, 0.6) is 0 Å². The highest BCUT2D eigenvalue weighted by Gasteiger charge is 2.19. The third-order valence-electron chi connectivity index (χ3n) is 4.46. The third-order valence-corrected chi connectivity index (χ3v) is 4.46. The van der Waals surface area contributed by atoms with E-state index in [2.05, 4.69) is 15.1 Å². The molecule has 2 saturated heterocycles. The van der Waals surface area contributed by atoms with Crippen LogP contribution in [0.1, 0.15) is 18.5 Å². The quantitative estimate of drug-likeness (QED) is 0.754. The molecule has 8 nitrogen and oxygen atoms in total. The van der Waals surface area contributed by atoms with Gasteiger partial charge in [0.05, 0.1) is 13.2 Å². The first-order chi connectivity index (χ1) is 12.3. The first-order valence-corrected chi connectivity index (χ1v) is 8.97. The van der Waals surface area contributed by atoms with Gasteiger partial charge in [-0.2, -0.15) is 4.98 Å².